The molecule has 0 aliphatic carbocycles. The molecule has 6 nitrogen and oxygen atoms in total. The van der Waals surface area contributed by atoms with Gasteiger partial charge in [0.2, 0.25) is 5.88 Å². The first-order valence-corrected chi connectivity index (χ1v) is 9.39. The van der Waals surface area contributed by atoms with E-state index < -0.39 is 0 Å². The zero-order valence-corrected chi connectivity index (χ0v) is 19.2. The summed E-state index contributed by atoms with van der Waals surface area (Å²) in [5, 5.41) is 6.79. The highest BCUT2D eigenvalue weighted by atomic mass is 127. The summed E-state index contributed by atoms with van der Waals surface area (Å²) in [6.07, 6.45) is 2.31. The molecule has 26 heavy (non-hydrogen) atoms. The third-order valence-electron chi connectivity index (χ3n) is 4.12. The monoisotopic (exact) mass is 477 g/mol. The molecule has 0 saturated heterocycles. The lowest BCUT2D eigenvalue weighted by Gasteiger charge is -2.21. The van der Waals surface area contributed by atoms with E-state index in [0.29, 0.717) is 18.5 Å². The molecule has 1 aromatic heterocycles. The molecule has 7 heteroatoms. The normalized spacial score (nSPS) is 12.5. The van der Waals surface area contributed by atoms with Crippen molar-refractivity contribution in [3.63, 3.8) is 0 Å². The van der Waals surface area contributed by atoms with E-state index in [2.05, 4.69) is 53.2 Å². The molecular weight excluding hydrogens is 441 g/mol. The third kappa shape index (κ3) is 10.2. The van der Waals surface area contributed by atoms with Crippen molar-refractivity contribution in [3.05, 3.63) is 23.9 Å². The zero-order valence-electron chi connectivity index (χ0n) is 16.9. The molecular formula is C19H36IN5O. The van der Waals surface area contributed by atoms with Gasteiger partial charge in [0.05, 0.1) is 19.3 Å². The summed E-state index contributed by atoms with van der Waals surface area (Å²) >= 11 is 0. The summed E-state index contributed by atoms with van der Waals surface area (Å²) in [5.41, 5.74) is 0.894. The first-order chi connectivity index (χ1) is 12.1. The Labute approximate surface area is 176 Å². The molecule has 0 saturated carbocycles. The summed E-state index contributed by atoms with van der Waals surface area (Å²) in [5.74, 6) is 1.46. The Kier molecular flexibility index (Phi) is 14.4. The van der Waals surface area contributed by atoms with Gasteiger partial charge in [0.25, 0.3) is 0 Å². The van der Waals surface area contributed by atoms with Gasteiger partial charge in [-0.15, -0.1) is 24.0 Å². The average Bonchev–Trinajstić information content (AvgIpc) is 2.63. The van der Waals surface area contributed by atoms with Crippen LogP contribution in [0.3, 0.4) is 0 Å². The van der Waals surface area contributed by atoms with Crippen molar-refractivity contribution in [1.29, 1.82) is 0 Å². The van der Waals surface area contributed by atoms with Gasteiger partial charge in [-0.3, -0.25) is 0 Å². The van der Waals surface area contributed by atoms with Crippen LogP contribution in [0.2, 0.25) is 0 Å². The second-order valence-electron chi connectivity index (χ2n) is 6.08. The summed E-state index contributed by atoms with van der Waals surface area (Å²) in [6, 6.07) is 6.12. The Morgan fingerprint density at radius 3 is 2.62 bits per heavy atom. The maximum absolute atomic E-state index is 5.16. The zero-order chi connectivity index (χ0) is 18.5. The van der Waals surface area contributed by atoms with E-state index in [9.17, 15) is 0 Å². The topological polar surface area (TPSA) is 61.8 Å². The quantitative estimate of drug-likeness (QED) is 0.291. The number of guanidine groups is 1. The van der Waals surface area contributed by atoms with Crippen LogP contribution in [0.15, 0.2) is 23.2 Å². The molecule has 0 spiro atoms. The largest absolute Gasteiger partial charge is 0.481 e. The van der Waals surface area contributed by atoms with Crippen LogP contribution in [-0.2, 0) is 6.54 Å². The Balaban J connectivity index is 0.00000625. The van der Waals surface area contributed by atoms with Gasteiger partial charge >= 0.3 is 0 Å². The molecule has 150 valence electrons. The number of methoxy groups -OCH3 is 1. The molecule has 1 atom stereocenters. The van der Waals surface area contributed by atoms with E-state index in [0.717, 1.165) is 44.3 Å². The minimum absolute atomic E-state index is 0. The number of aromatic nitrogens is 1. The molecule has 0 bridgehead atoms. The number of nitrogens with zero attached hydrogens (tertiary/aromatic N) is 3. The number of nitrogens with one attached hydrogen (secondary N) is 2. The fourth-order valence-electron chi connectivity index (χ4n) is 2.61. The standard InChI is InChI=1S/C19H35N5O.HI/c1-6-20-19(21-15-17-12-9-13-18(23-17)25-5)22-16(4)11-10-14-24(7-2)8-3;/h9,12-13,16H,6-8,10-11,14-15H2,1-5H3,(H2,20,21,22);1H. The van der Waals surface area contributed by atoms with Crippen molar-refractivity contribution < 1.29 is 4.74 Å². The molecule has 1 aromatic rings. The number of aliphatic imine (C=N–C) groups is 1. The van der Waals surface area contributed by atoms with Gasteiger partial charge in [0, 0.05) is 18.7 Å². The van der Waals surface area contributed by atoms with E-state index in [1.54, 1.807) is 7.11 Å². The Bertz CT molecular complexity index is 508. The lowest BCUT2D eigenvalue weighted by molar-refractivity contribution is 0.292. The summed E-state index contributed by atoms with van der Waals surface area (Å²) in [4.78, 5) is 11.5. The first kappa shape index (κ1) is 24.9. The number of halogens is 1. The van der Waals surface area contributed by atoms with Crippen molar-refractivity contribution in [1.82, 2.24) is 20.5 Å². The fraction of sp³-hybridized carbons (Fsp3) is 0.684. The van der Waals surface area contributed by atoms with Crippen LogP contribution in [-0.4, -0.2) is 55.2 Å². The van der Waals surface area contributed by atoms with Gasteiger partial charge in [0.15, 0.2) is 5.96 Å². The maximum atomic E-state index is 5.16. The van der Waals surface area contributed by atoms with E-state index >= 15 is 0 Å². The minimum atomic E-state index is 0. The average molecular weight is 477 g/mol. The van der Waals surface area contributed by atoms with Crippen molar-refractivity contribution in [2.24, 2.45) is 4.99 Å². The second-order valence-corrected chi connectivity index (χ2v) is 6.08. The van der Waals surface area contributed by atoms with Crippen molar-refractivity contribution in [2.75, 3.05) is 33.3 Å². The molecule has 0 aliphatic heterocycles. The van der Waals surface area contributed by atoms with Gasteiger partial charge in [0.1, 0.15) is 0 Å². The molecule has 1 heterocycles. The predicted molar refractivity (Wildman–Crippen MR) is 121 cm³/mol. The lowest BCUT2D eigenvalue weighted by Crippen LogP contribution is -2.42. The number of ether oxygens (including phenoxy) is 1. The van der Waals surface area contributed by atoms with Gasteiger partial charge in [-0.05, 0) is 52.4 Å². The smallest absolute Gasteiger partial charge is 0.213 e. The summed E-state index contributed by atoms with van der Waals surface area (Å²) in [6.45, 7) is 13.5. The number of pyridine rings is 1. The number of rotatable bonds is 11. The lowest BCUT2D eigenvalue weighted by atomic mass is 10.2. The van der Waals surface area contributed by atoms with Crippen LogP contribution in [0.4, 0.5) is 0 Å². The van der Waals surface area contributed by atoms with E-state index in [4.69, 9.17) is 4.74 Å². The Morgan fingerprint density at radius 2 is 2.00 bits per heavy atom. The molecule has 0 aromatic carbocycles. The molecule has 1 rings (SSSR count). The van der Waals surface area contributed by atoms with Gasteiger partial charge in [-0.1, -0.05) is 19.9 Å². The van der Waals surface area contributed by atoms with Gasteiger partial charge in [-0.2, -0.15) is 0 Å². The third-order valence-corrected chi connectivity index (χ3v) is 4.12. The molecule has 1 unspecified atom stereocenters. The van der Waals surface area contributed by atoms with Crippen LogP contribution in [0, 0.1) is 0 Å². The summed E-state index contributed by atoms with van der Waals surface area (Å²) < 4.78 is 5.16. The number of hydrogen-bond donors (Lipinski definition) is 2. The van der Waals surface area contributed by atoms with E-state index in [-0.39, 0.29) is 24.0 Å². The predicted octanol–water partition coefficient (Wildman–Crippen LogP) is 3.27. The SMILES string of the molecule is CCNC(=NCc1cccc(OC)n1)NC(C)CCCN(CC)CC.I. The minimum Gasteiger partial charge on any atom is -0.481 e. The molecule has 2 N–H and O–H groups in total. The highest BCUT2D eigenvalue weighted by molar-refractivity contribution is 14.0. The molecule has 0 radical (unpaired) electrons. The second kappa shape index (κ2) is 15.0. The van der Waals surface area contributed by atoms with Crippen LogP contribution < -0.4 is 15.4 Å². The van der Waals surface area contributed by atoms with Crippen molar-refractivity contribution in [3.8, 4) is 5.88 Å². The van der Waals surface area contributed by atoms with E-state index in [1.165, 1.54) is 6.42 Å². The van der Waals surface area contributed by atoms with E-state index in [1.807, 2.05) is 18.2 Å². The molecule has 0 fully saturated rings. The Morgan fingerprint density at radius 1 is 1.27 bits per heavy atom. The fourth-order valence-corrected chi connectivity index (χ4v) is 2.61. The number of hydrogen-bond acceptors (Lipinski definition) is 4. The maximum Gasteiger partial charge on any atom is 0.213 e. The molecule has 0 amide bonds. The highest BCUT2D eigenvalue weighted by Crippen LogP contribution is 2.07. The first-order valence-electron chi connectivity index (χ1n) is 9.39. The Hall–Kier alpha value is -1.09. The van der Waals surface area contributed by atoms with Crippen LogP contribution >= 0.6 is 24.0 Å². The van der Waals surface area contributed by atoms with Gasteiger partial charge < -0.3 is 20.3 Å². The highest BCUT2D eigenvalue weighted by Gasteiger charge is 2.07. The van der Waals surface area contributed by atoms with Crippen LogP contribution in [0.1, 0.15) is 46.2 Å². The van der Waals surface area contributed by atoms with Gasteiger partial charge in [-0.25, -0.2) is 9.98 Å². The van der Waals surface area contributed by atoms with Crippen molar-refractivity contribution >= 4 is 29.9 Å². The summed E-state index contributed by atoms with van der Waals surface area (Å²) in [7, 11) is 1.63. The van der Waals surface area contributed by atoms with Crippen molar-refractivity contribution in [2.45, 2.75) is 53.1 Å². The van der Waals surface area contributed by atoms with Crippen LogP contribution in [0.5, 0.6) is 5.88 Å². The molecule has 0 aliphatic rings. The van der Waals surface area contributed by atoms with Crippen LogP contribution in [0.25, 0.3) is 0 Å².